The summed E-state index contributed by atoms with van der Waals surface area (Å²) in [6.45, 7) is 3.87. The van der Waals surface area contributed by atoms with Crippen molar-refractivity contribution in [1.29, 1.82) is 0 Å². The third-order valence-electron chi connectivity index (χ3n) is 7.43. The van der Waals surface area contributed by atoms with Crippen molar-refractivity contribution in [2.75, 3.05) is 39.1 Å². The van der Waals surface area contributed by atoms with Gasteiger partial charge in [-0.3, -0.25) is 4.98 Å². The molecule has 0 aliphatic carbocycles. The minimum atomic E-state index is -1.20. The van der Waals surface area contributed by atoms with Gasteiger partial charge in [-0.1, -0.05) is 0 Å². The second-order valence-corrected chi connectivity index (χ2v) is 10.9. The number of hydrogen-bond donors (Lipinski definition) is 1. The number of benzene rings is 2. The molecular weight excluding hydrogens is 504 g/mol. The molecule has 9 heteroatoms. The van der Waals surface area contributed by atoms with Crippen LogP contribution in [0, 0.1) is 29.8 Å². The summed E-state index contributed by atoms with van der Waals surface area (Å²) < 4.78 is 61.8. The Hall–Kier alpha value is -2.36. The maximum absolute atomic E-state index is 15.7. The Morgan fingerprint density at radius 3 is 2.49 bits per heavy atom. The Bertz CT molecular complexity index is 1210. The van der Waals surface area contributed by atoms with Crippen LogP contribution in [0.15, 0.2) is 41.4 Å². The number of pyridine rings is 1. The maximum atomic E-state index is 15.7. The molecule has 1 atom stereocenters. The van der Waals surface area contributed by atoms with E-state index in [1.807, 2.05) is 19.1 Å². The van der Waals surface area contributed by atoms with E-state index in [2.05, 4.69) is 9.88 Å². The van der Waals surface area contributed by atoms with Crippen LogP contribution in [-0.2, 0) is 0 Å². The lowest BCUT2D eigenvalue weighted by Gasteiger charge is -2.41. The topological polar surface area (TPSA) is 45.6 Å². The zero-order chi connectivity index (χ0) is 26.6. The highest BCUT2D eigenvalue weighted by Crippen LogP contribution is 2.41. The molecule has 0 radical (unpaired) electrons. The standard InChI is InChI=1S/C28H32F4N2O2S/c1-18-16-33-25-4-3-20(36-2)15-21(25)26(18)22(30)5-6-28(17-35)7-9-34(10-8-28)11-12-37-27-23(31)13-19(29)14-24(27)32/h3-4,13-16,22,35H,5-12,17H2,1-2H3/t22-/m1/s1. The molecule has 1 aromatic heterocycles. The van der Waals surface area contributed by atoms with E-state index in [1.165, 1.54) is 0 Å². The molecule has 0 unspecified atom stereocenters. The van der Waals surface area contributed by atoms with E-state index in [0.717, 1.165) is 22.7 Å². The lowest BCUT2D eigenvalue weighted by Crippen LogP contribution is -2.42. The molecule has 2 aromatic carbocycles. The van der Waals surface area contributed by atoms with Crippen LogP contribution in [0.5, 0.6) is 5.75 Å². The second kappa shape index (κ2) is 12.0. The van der Waals surface area contributed by atoms with Crippen molar-refractivity contribution in [1.82, 2.24) is 9.88 Å². The lowest BCUT2D eigenvalue weighted by atomic mass is 9.74. The van der Waals surface area contributed by atoms with Gasteiger partial charge >= 0.3 is 0 Å². The van der Waals surface area contributed by atoms with Crippen LogP contribution >= 0.6 is 11.8 Å². The van der Waals surface area contributed by atoms with E-state index in [1.54, 1.807) is 19.4 Å². The monoisotopic (exact) mass is 536 g/mol. The van der Waals surface area contributed by atoms with Gasteiger partial charge in [0.05, 0.1) is 17.5 Å². The molecule has 0 saturated carbocycles. The third-order valence-corrected chi connectivity index (χ3v) is 8.49. The van der Waals surface area contributed by atoms with Gasteiger partial charge < -0.3 is 14.7 Å². The predicted octanol–water partition coefficient (Wildman–Crippen LogP) is 6.63. The van der Waals surface area contributed by atoms with Gasteiger partial charge in [0.1, 0.15) is 29.4 Å². The molecule has 0 amide bonds. The van der Waals surface area contributed by atoms with Crippen molar-refractivity contribution < 1.29 is 27.4 Å². The number of hydrogen-bond acceptors (Lipinski definition) is 5. The SMILES string of the molecule is COc1ccc2ncc(C)c([C@H](F)CCC3(CO)CCN(CCSc4c(F)cc(F)cc4F)CC3)c2c1. The van der Waals surface area contributed by atoms with Gasteiger partial charge in [-0.15, -0.1) is 11.8 Å². The van der Waals surface area contributed by atoms with Crippen molar-refractivity contribution >= 4 is 22.7 Å². The minimum absolute atomic E-state index is 0.0157. The molecule has 1 fully saturated rings. The fourth-order valence-electron chi connectivity index (χ4n) is 5.09. The number of ether oxygens (including phenoxy) is 1. The first kappa shape index (κ1) is 27.7. The Morgan fingerprint density at radius 1 is 1.14 bits per heavy atom. The molecule has 200 valence electrons. The number of fused-ring (bicyclic) bond motifs is 1. The zero-order valence-corrected chi connectivity index (χ0v) is 21.9. The molecule has 3 aromatic rings. The number of halogens is 4. The van der Waals surface area contributed by atoms with E-state index >= 15 is 4.39 Å². The Kier molecular flexibility index (Phi) is 8.98. The summed E-state index contributed by atoms with van der Waals surface area (Å²) in [4.78, 5) is 6.42. The molecule has 0 bridgehead atoms. The van der Waals surface area contributed by atoms with Crippen molar-refractivity contribution in [3.05, 3.63) is 65.1 Å². The molecule has 2 heterocycles. The van der Waals surface area contributed by atoms with E-state index in [0.29, 0.717) is 73.6 Å². The first-order chi connectivity index (χ1) is 17.7. The molecule has 4 rings (SSSR count). The van der Waals surface area contributed by atoms with Crippen molar-refractivity contribution in [3.8, 4) is 5.75 Å². The van der Waals surface area contributed by atoms with Crippen LogP contribution in [0.25, 0.3) is 10.9 Å². The first-order valence-electron chi connectivity index (χ1n) is 12.4. The summed E-state index contributed by atoms with van der Waals surface area (Å²) in [7, 11) is 1.58. The molecule has 4 nitrogen and oxygen atoms in total. The number of alkyl halides is 1. The number of aromatic nitrogens is 1. The summed E-state index contributed by atoms with van der Waals surface area (Å²) >= 11 is 1.03. The van der Waals surface area contributed by atoms with Gasteiger partial charge in [-0.25, -0.2) is 17.6 Å². The number of rotatable bonds is 10. The number of aryl methyl sites for hydroxylation is 1. The number of methoxy groups -OCH3 is 1. The first-order valence-corrected chi connectivity index (χ1v) is 13.4. The van der Waals surface area contributed by atoms with Gasteiger partial charge in [0.2, 0.25) is 0 Å². The Balaban J connectivity index is 1.33. The van der Waals surface area contributed by atoms with E-state index in [-0.39, 0.29) is 23.3 Å². The maximum Gasteiger partial charge on any atom is 0.142 e. The van der Waals surface area contributed by atoms with Crippen LogP contribution in [-0.4, -0.2) is 54.1 Å². The quantitative estimate of drug-likeness (QED) is 0.233. The van der Waals surface area contributed by atoms with Crippen LogP contribution in [0.2, 0.25) is 0 Å². The molecule has 1 aliphatic heterocycles. The van der Waals surface area contributed by atoms with Crippen LogP contribution in [0.3, 0.4) is 0 Å². The predicted molar refractivity (Wildman–Crippen MR) is 138 cm³/mol. The number of nitrogens with zero attached hydrogens (tertiary/aromatic N) is 2. The van der Waals surface area contributed by atoms with Crippen LogP contribution < -0.4 is 4.74 Å². The fourth-order valence-corrected chi connectivity index (χ4v) is 6.04. The Morgan fingerprint density at radius 2 is 1.84 bits per heavy atom. The van der Waals surface area contributed by atoms with E-state index in [4.69, 9.17) is 4.74 Å². The highest BCUT2D eigenvalue weighted by molar-refractivity contribution is 7.99. The lowest BCUT2D eigenvalue weighted by molar-refractivity contribution is 0.0323. The average molecular weight is 537 g/mol. The van der Waals surface area contributed by atoms with Crippen LogP contribution in [0.1, 0.15) is 43.0 Å². The van der Waals surface area contributed by atoms with Crippen LogP contribution in [0.4, 0.5) is 17.6 Å². The molecular formula is C28H32F4N2O2S. The van der Waals surface area contributed by atoms with Gasteiger partial charge in [0.15, 0.2) is 0 Å². The van der Waals surface area contributed by atoms with E-state index < -0.39 is 23.6 Å². The Labute approximate surface area is 219 Å². The van der Waals surface area contributed by atoms with Gasteiger partial charge in [0, 0.05) is 42.6 Å². The van der Waals surface area contributed by atoms with Gasteiger partial charge in [-0.05, 0) is 80.4 Å². The molecule has 1 aliphatic rings. The van der Waals surface area contributed by atoms with Crippen molar-refractivity contribution in [3.63, 3.8) is 0 Å². The highest BCUT2D eigenvalue weighted by Gasteiger charge is 2.35. The summed E-state index contributed by atoms with van der Waals surface area (Å²) in [6, 6.07) is 6.83. The minimum Gasteiger partial charge on any atom is -0.497 e. The molecule has 1 N–H and O–H groups in total. The summed E-state index contributed by atoms with van der Waals surface area (Å²) in [5.74, 6) is -1.61. The number of piperidine rings is 1. The zero-order valence-electron chi connectivity index (χ0n) is 21.1. The molecule has 1 saturated heterocycles. The largest absolute Gasteiger partial charge is 0.497 e. The highest BCUT2D eigenvalue weighted by atomic mass is 32.2. The van der Waals surface area contributed by atoms with Gasteiger partial charge in [-0.2, -0.15) is 0 Å². The summed E-state index contributed by atoms with van der Waals surface area (Å²) in [6.07, 6.45) is 2.76. The molecule has 37 heavy (non-hydrogen) atoms. The summed E-state index contributed by atoms with van der Waals surface area (Å²) in [5, 5.41) is 11.0. The van der Waals surface area contributed by atoms with Gasteiger partial charge in [0.25, 0.3) is 0 Å². The number of thioether (sulfide) groups is 1. The smallest absolute Gasteiger partial charge is 0.142 e. The third kappa shape index (κ3) is 6.38. The summed E-state index contributed by atoms with van der Waals surface area (Å²) in [5.41, 5.74) is 1.75. The number of aliphatic hydroxyl groups is 1. The number of likely N-dealkylation sites (tertiary alicyclic amines) is 1. The average Bonchev–Trinajstić information content (AvgIpc) is 2.89. The molecule has 0 spiro atoms. The van der Waals surface area contributed by atoms with Crippen molar-refractivity contribution in [2.24, 2.45) is 5.41 Å². The fraction of sp³-hybridized carbons (Fsp3) is 0.464. The number of aliphatic hydroxyl groups excluding tert-OH is 1. The second-order valence-electron chi connectivity index (χ2n) is 9.79. The van der Waals surface area contributed by atoms with E-state index in [9.17, 15) is 18.3 Å². The normalized spacial score (nSPS) is 16.7. The van der Waals surface area contributed by atoms with Crippen molar-refractivity contribution in [2.45, 2.75) is 43.7 Å².